The number of fused-ring (bicyclic) bond motifs is 20. The maximum Gasteiger partial charge on any atom is 0.164 e. The van der Waals surface area contributed by atoms with E-state index in [4.69, 9.17) is 119 Å². The van der Waals surface area contributed by atoms with E-state index in [0.29, 0.717) is 89.7 Å². The second-order valence-corrected chi connectivity index (χ2v) is 17.9. The second kappa shape index (κ2) is 26.6. The van der Waals surface area contributed by atoms with E-state index in [-0.39, 0.29) is 106 Å². The zero-order chi connectivity index (χ0) is 55.8. The molecule has 0 spiro atoms. The summed E-state index contributed by atoms with van der Waals surface area (Å²) in [5.74, 6) is 21.6. The van der Waals surface area contributed by atoms with Crippen LogP contribution in [0.4, 0.5) is 0 Å². The van der Waals surface area contributed by atoms with Crippen molar-refractivity contribution in [3.63, 3.8) is 0 Å². The highest BCUT2D eigenvalue weighted by Crippen LogP contribution is 2.41. The molecule has 80 heavy (non-hydrogen) atoms. The Morgan fingerprint density at radius 1 is 0.263 bits per heavy atom. The van der Waals surface area contributed by atoms with Crippen molar-refractivity contribution in [2.75, 3.05) is 52.9 Å². The average Bonchev–Trinajstić information content (AvgIpc) is 4.23. The normalized spacial score (nSPS) is 11.1. The van der Waals surface area contributed by atoms with E-state index in [0.717, 1.165) is 44.5 Å². The van der Waals surface area contributed by atoms with Crippen LogP contribution in [0.25, 0.3) is 89.7 Å². The number of nitrogens with one attached hydrogen (secondary N) is 2. The van der Waals surface area contributed by atoms with Crippen molar-refractivity contribution in [1.82, 2.24) is 39.9 Å². The van der Waals surface area contributed by atoms with Gasteiger partial charge in [0.2, 0.25) is 0 Å². The quantitative estimate of drug-likeness (QED) is 0.0438. The van der Waals surface area contributed by atoms with Crippen LogP contribution in [0.1, 0.15) is 44.5 Å². The number of ether oxygens (including phenoxy) is 8. The Labute approximate surface area is 463 Å². The number of aromatic amines is 2. The minimum absolute atomic E-state index is 0.0717. The van der Waals surface area contributed by atoms with E-state index in [9.17, 15) is 0 Å². The number of rotatable bonds is 24. The number of hydrogen-bond donors (Lipinski definition) is 2. The highest BCUT2D eigenvalue weighted by molar-refractivity contribution is 6.07. The maximum atomic E-state index is 5.91. The fourth-order valence-electron chi connectivity index (χ4n) is 9.17. The average molecular weight is 1060 g/mol. The molecule has 0 radical (unpaired) electrons. The summed E-state index contributed by atoms with van der Waals surface area (Å²) in [5, 5.41) is 2.66. The van der Waals surface area contributed by atoms with E-state index in [2.05, 4.69) is 57.3 Å². The third-order valence-corrected chi connectivity index (χ3v) is 12.7. The van der Waals surface area contributed by atoms with Crippen molar-refractivity contribution in [3.05, 3.63) is 93.0 Å². The molecule has 0 saturated heterocycles. The lowest BCUT2D eigenvalue weighted by atomic mass is 9.99. The van der Waals surface area contributed by atoms with E-state index in [1.165, 1.54) is 0 Å². The van der Waals surface area contributed by atoms with Crippen LogP contribution in [-0.4, -0.2) is 92.7 Å². The molecule has 3 aromatic heterocycles. The molecule has 8 bridgehead atoms. The summed E-state index contributed by atoms with van der Waals surface area (Å²) < 4.78 is 47.3. The van der Waals surface area contributed by atoms with Gasteiger partial charge < -0.3 is 47.9 Å². The summed E-state index contributed by atoms with van der Waals surface area (Å²) in [7, 11) is 0. The van der Waals surface area contributed by atoms with E-state index in [1.54, 1.807) is 0 Å². The molecule has 0 aliphatic carbocycles. The van der Waals surface area contributed by atoms with Gasteiger partial charge in [0.1, 0.15) is 75.4 Å². The Bertz CT molecular complexity index is 3550. The van der Waals surface area contributed by atoms with Crippen LogP contribution in [0, 0.1) is 98.8 Å². The Morgan fingerprint density at radius 3 is 0.613 bits per heavy atom. The van der Waals surface area contributed by atoms with Gasteiger partial charge in [-0.05, 0) is 93.0 Å². The Morgan fingerprint density at radius 2 is 0.438 bits per heavy atom. The molecular weight excluding hydrogens is 1010 g/mol. The first kappa shape index (κ1) is 55.2. The Balaban J connectivity index is 1.43. The zero-order valence-corrected chi connectivity index (χ0v) is 43.5. The molecule has 16 heteroatoms. The summed E-state index contributed by atoms with van der Waals surface area (Å²) in [6.07, 6.45) is 45.0. The van der Waals surface area contributed by atoms with Gasteiger partial charge in [0, 0.05) is 43.8 Å². The Hall–Kier alpha value is -9.60. The van der Waals surface area contributed by atoms with Gasteiger partial charge in [-0.2, -0.15) is 0 Å². The third-order valence-electron chi connectivity index (χ3n) is 12.7. The largest absolute Gasteiger partial charge is 0.364 e. The SMILES string of the molecule is C#CCOCc1cc2c(cc1COCC#C)-c1nc-2nc2[nH]c(nc3nc(nc4[nH]c(n1)c1cc(COCC#C)c(COCC#C)cc41)-c1cc(COCC#C)c(COCC#C)cc1-3)c1cc(COCC#C)c(COCC#C)cc21. The predicted molar refractivity (Wildman–Crippen MR) is 304 cm³/mol. The molecule has 7 aromatic rings. The second-order valence-electron chi connectivity index (χ2n) is 17.9. The van der Waals surface area contributed by atoms with E-state index >= 15 is 0 Å². The number of hydrogen-bond acceptors (Lipinski definition) is 14. The van der Waals surface area contributed by atoms with E-state index < -0.39 is 0 Å². The van der Waals surface area contributed by atoms with Crippen molar-refractivity contribution < 1.29 is 37.9 Å². The summed E-state index contributed by atoms with van der Waals surface area (Å²) >= 11 is 0. The molecule has 2 N–H and O–H groups in total. The van der Waals surface area contributed by atoms with Gasteiger partial charge in [-0.25, -0.2) is 29.9 Å². The molecule has 0 amide bonds. The Kier molecular flexibility index (Phi) is 18.4. The fraction of sp³-hybridized carbons (Fsp3) is 0.250. The molecule has 2 aliphatic heterocycles. The molecule has 0 saturated carbocycles. The van der Waals surface area contributed by atoms with Crippen LogP contribution in [0.15, 0.2) is 48.5 Å². The number of terminal acetylenes is 8. The van der Waals surface area contributed by atoms with Gasteiger partial charge >= 0.3 is 0 Å². The topological polar surface area (TPSA) is 183 Å². The summed E-state index contributed by atoms with van der Waals surface area (Å²) in [6.45, 7) is 1.78. The van der Waals surface area contributed by atoms with Crippen molar-refractivity contribution in [2.45, 2.75) is 52.9 Å². The van der Waals surface area contributed by atoms with Crippen molar-refractivity contribution in [3.8, 4) is 144 Å². The minimum atomic E-state index is 0.0717. The third kappa shape index (κ3) is 12.4. The van der Waals surface area contributed by atoms with Crippen molar-refractivity contribution >= 4 is 44.1 Å². The summed E-state index contributed by atoms with van der Waals surface area (Å²) in [6, 6.07) is 15.6. The molecule has 0 unspecified atom stereocenters. The van der Waals surface area contributed by atoms with Crippen LogP contribution in [-0.2, 0) is 90.7 Å². The first-order valence-electron chi connectivity index (χ1n) is 24.9. The molecule has 9 rings (SSSR count). The highest BCUT2D eigenvalue weighted by Gasteiger charge is 2.26. The lowest BCUT2D eigenvalue weighted by molar-refractivity contribution is 0.138. The first-order valence-corrected chi connectivity index (χ1v) is 24.9. The van der Waals surface area contributed by atoms with Gasteiger partial charge in [0.15, 0.2) is 23.3 Å². The predicted octanol–water partition coefficient (Wildman–Crippen LogP) is 8.07. The van der Waals surface area contributed by atoms with Crippen LogP contribution in [0.2, 0.25) is 0 Å². The molecule has 0 fully saturated rings. The van der Waals surface area contributed by atoms with E-state index in [1.807, 2.05) is 48.5 Å². The molecule has 2 aliphatic rings. The highest BCUT2D eigenvalue weighted by atomic mass is 16.5. The first-order chi connectivity index (χ1) is 39.3. The van der Waals surface area contributed by atoms with Crippen molar-refractivity contribution in [1.29, 1.82) is 0 Å². The van der Waals surface area contributed by atoms with Crippen LogP contribution in [0.3, 0.4) is 0 Å². The summed E-state index contributed by atoms with van der Waals surface area (Å²) in [4.78, 5) is 38.7. The molecule has 0 atom stereocenters. The van der Waals surface area contributed by atoms with Gasteiger partial charge in [-0.15, -0.1) is 51.4 Å². The van der Waals surface area contributed by atoms with Crippen LogP contribution < -0.4 is 0 Å². The standard InChI is InChI=1S/C64H50N8O8/c1-9-17-73-33-41-25-49-50(26-42(41)34-74-18-10-2)58-65-57(49)69-59-51-27-43(35-75-19-11-3)44(36-76-20-12-4)28-52(51)61(66-59)71-63-55-31-47(39-79-23-15-7)48(40-80-24-16-8)32-56(55)64(68-63)72-62-54-30-46(38-78-22-14-6)45(37-77-21-13-5)29-53(54)60(67-62)70-58/h1-8,25-32H,17-24,33-40H2,(H2,65,66,67,68,69,70,71,72). The summed E-state index contributed by atoms with van der Waals surface area (Å²) in [5.41, 5.74) is 10.3. The smallest absolute Gasteiger partial charge is 0.164 e. The molecule has 5 heterocycles. The van der Waals surface area contributed by atoms with Crippen LogP contribution >= 0.6 is 0 Å². The van der Waals surface area contributed by atoms with Crippen LogP contribution in [0.5, 0.6) is 0 Å². The zero-order valence-electron chi connectivity index (χ0n) is 43.5. The molecule has 394 valence electrons. The van der Waals surface area contributed by atoms with Gasteiger partial charge in [-0.3, -0.25) is 0 Å². The molecule has 4 aromatic carbocycles. The molecule has 16 nitrogen and oxygen atoms in total. The number of benzene rings is 4. The maximum absolute atomic E-state index is 5.91. The van der Waals surface area contributed by atoms with Gasteiger partial charge in [0.25, 0.3) is 0 Å². The van der Waals surface area contributed by atoms with Gasteiger partial charge in [-0.1, -0.05) is 47.4 Å². The lowest BCUT2D eigenvalue weighted by Crippen LogP contribution is -2.03. The number of aromatic nitrogens is 8. The fourth-order valence-corrected chi connectivity index (χ4v) is 9.17. The lowest BCUT2D eigenvalue weighted by Gasteiger charge is -2.12. The van der Waals surface area contributed by atoms with Gasteiger partial charge in [0.05, 0.1) is 52.9 Å². The number of H-pyrrole nitrogens is 2. The molecular formula is C64H50N8O8. The minimum Gasteiger partial charge on any atom is -0.364 e. The van der Waals surface area contributed by atoms with Crippen molar-refractivity contribution in [2.24, 2.45) is 0 Å². The monoisotopic (exact) mass is 1060 g/mol. The number of nitrogens with zero attached hydrogens (tertiary/aromatic N) is 6.